The molecule has 2 aromatic heterocycles. The number of hydrogen-bond acceptors (Lipinski definition) is 4. The summed E-state index contributed by atoms with van der Waals surface area (Å²) in [6.45, 7) is 5.44. The van der Waals surface area contributed by atoms with E-state index in [0.717, 1.165) is 32.5 Å². The Bertz CT molecular complexity index is 1440. The highest BCUT2D eigenvalue weighted by molar-refractivity contribution is 6.00. The number of halogens is 3. The highest BCUT2D eigenvalue weighted by Crippen LogP contribution is 2.32. The summed E-state index contributed by atoms with van der Waals surface area (Å²) in [5, 5.41) is 10.9. The van der Waals surface area contributed by atoms with Gasteiger partial charge in [-0.15, -0.1) is 5.10 Å². The predicted octanol–water partition coefficient (Wildman–Crippen LogP) is 5.85. The number of carbonyl (C=O) groups is 1. The quantitative estimate of drug-likeness (QED) is 0.352. The summed E-state index contributed by atoms with van der Waals surface area (Å²) in [5.41, 5.74) is 5.70. The molecular formula is C26H25F3N6O. The summed E-state index contributed by atoms with van der Waals surface area (Å²) in [6.07, 6.45) is -1.36. The number of nitrogens with one attached hydrogen (secondary N) is 2. The van der Waals surface area contributed by atoms with Gasteiger partial charge in [-0.25, -0.2) is 4.68 Å². The molecule has 10 heteroatoms. The van der Waals surface area contributed by atoms with Crippen molar-refractivity contribution in [1.82, 2.24) is 24.6 Å². The summed E-state index contributed by atoms with van der Waals surface area (Å²) in [5.74, 6) is 1.05. The minimum atomic E-state index is -4.26. The number of anilines is 2. The summed E-state index contributed by atoms with van der Waals surface area (Å²) < 4.78 is 40.8. The van der Waals surface area contributed by atoms with Crippen LogP contribution in [0.3, 0.4) is 0 Å². The van der Waals surface area contributed by atoms with E-state index in [-0.39, 0.29) is 11.9 Å². The van der Waals surface area contributed by atoms with Crippen LogP contribution in [-0.4, -0.2) is 31.4 Å². The molecule has 1 atom stereocenters. The zero-order valence-electron chi connectivity index (χ0n) is 20.0. The van der Waals surface area contributed by atoms with E-state index in [9.17, 15) is 18.0 Å². The monoisotopic (exact) mass is 494 g/mol. The van der Waals surface area contributed by atoms with Crippen LogP contribution in [-0.2, 0) is 13.1 Å². The largest absolute Gasteiger partial charge is 0.406 e. The Morgan fingerprint density at radius 1 is 1.08 bits per heavy atom. The van der Waals surface area contributed by atoms with Crippen molar-refractivity contribution < 1.29 is 18.0 Å². The smallest absolute Gasteiger partial charge is 0.345 e. The van der Waals surface area contributed by atoms with Crippen LogP contribution in [0.1, 0.15) is 41.4 Å². The van der Waals surface area contributed by atoms with Crippen molar-refractivity contribution in [3.63, 3.8) is 0 Å². The van der Waals surface area contributed by atoms with E-state index in [4.69, 9.17) is 4.98 Å². The number of nitrogens with zero attached hydrogens (tertiary/aromatic N) is 4. The topological polar surface area (TPSA) is 76.8 Å². The molecule has 0 saturated carbocycles. The van der Waals surface area contributed by atoms with Gasteiger partial charge in [0.25, 0.3) is 5.91 Å². The van der Waals surface area contributed by atoms with Crippen molar-refractivity contribution in [2.45, 2.75) is 46.1 Å². The Kier molecular flexibility index (Phi) is 5.82. The molecule has 0 bridgehead atoms. The van der Waals surface area contributed by atoms with Crippen molar-refractivity contribution in [3.8, 4) is 22.5 Å². The third kappa shape index (κ3) is 4.58. The van der Waals surface area contributed by atoms with Crippen LogP contribution in [0.15, 0.2) is 54.9 Å². The number of alkyl halides is 3. The molecule has 3 heterocycles. The minimum Gasteiger partial charge on any atom is -0.345 e. The van der Waals surface area contributed by atoms with Crippen LogP contribution in [0.5, 0.6) is 0 Å². The first-order valence-corrected chi connectivity index (χ1v) is 11.6. The Hall–Kier alpha value is -4.08. The zero-order valence-corrected chi connectivity index (χ0v) is 20.0. The van der Waals surface area contributed by atoms with Gasteiger partial charge >= 0.3 is 6.18 Å². The fourth-order valence-electron chi connectivity index (χ4n) is 4.39. The van der Waals surface area contributed by atoms with Crippen molar-refractivity contribution in [1.29, 1.82) is 0 Å². The second-order valence-corrected chi connectivity index (χ2v) is 8.91. The summed E-state index contributed by atoms with van der Waals surface area (Å²) in [4.78, 5) is 16.8. The van der Waals surface area contributed by atoms with Gasteiger partial charge < -0.3 is 15.2 Å². The van der Waals surface area contributed by atoms with Crippen molar-refractivity contribution in [3.05, 3.63) is 71.5 Å². The van der Waals surface area contributed by atoms with E-state index >= 15 is 0 Å². The molecule has 186 valence electrons. The van der Waals surface area contributed by atoms with E-state index in [2.05, 4.69) is 15.7 Å². The van der Waals surface area contributed by atoms with E-state index in [1.807, 2.05) is 57.2 Å². The van der Waals surface area contributed by atoms with Gasteiger partial charge in [-0.05, 0) is 61.2 Å². The van der Waals surface area contributed by atoms with Crippen molar-refractivity contribution in [2.24, 2.45) is 0 Å². The lowest BCUT2D eigenvalue weighted by Crippen LogP contribution is -2.16. The lowest BCUT2D eigenvalue weighted by molar-refractivity contribution is -0.140. The van der Waals surface area contributed by atoms with E-state index in [1.54, 1.807) is 10.7 Å². The molecule has 1 aliphatic heterocycles. The number of aromatic nitrogens is 4. The van der Waals surface area contributed by atoms with Gasteiger partial charge in [0.1, 0.15) is 6.54 Å². The van der Waals surface area contributed by atoms with E-state index in [1.165, 1.54) is 12.4 Å². The molecule has 5 rings (SSSR count). The molecule has 2 aromatic carbocycles. The molecule has 0 saturated heterocycles. The molecule has 0 spiro atoms. The molecule has 1 aliphatic rings. The predicted molar refractivity (Wildman–Crippen MR) is 131 cm³/mol. The molecule has 1 amide bonds. The Labute approximate surface area is 206 Å². The number of hydrogen-bond donors (Lipinski definition) is 2. The third-order valence-corrected chi connectivity index (χ3v) is 6.26. The average Bonchev–Trinajstić information content (AvgIpc) is 3.52. The second kappa shape index (κ2) is 8.85. The molecule has 0 radical (unpaired) electrons. The number of benzene rings is 2. The number of rotatable bonds is 6. The Balaban J connectivity index is 1.38. The number of amides is 1. The highest BCUT2D eigenvalue weighted by Gasteiger charge is 2.28. The second-order valence-electron chi connectivity index (χ2n) is 8.91. The number of carbonyl (C=O) groups excluding carboxylic acids is 1. The molecule has 4 aromatic rings. The zero-order chi connectivity index (χ0) is 25.6. The van der Waals surface area contributed by atoms with Gasteiger partial charge in [0, 0.05) is 35.8 Å². The molecule has 2 N–H and O–H groups in total. The van der Waals surface area contributed by atoms with E-state index < -0.39 is 12.7 Å². The number of aryl methyl sites for hydroxylation is 2. The maximum Gasteiger partial charge on any atom is 0.406 e. The lowest BCUT2D eigenvalue weighted by atomic mass is 10.0. The van der Waals surface area contributed by atoms with Crippen LogP contribution in [0.25, 0.3) is 22.5 Å². The lowest BCUT2D eigenvalue weighted by Gasteiger charge is -2.12. The summed E-state index contributed by atoms with van der Waals surface area (Å²) in [7, 11) is 0. The van der Waals surface area contributed by atoms with Gasteiger partial charge in [-0.1, -0.05) is 24.3 Å². The van der Waals surface area contributed by atoms with Gasteiger partial charge in [0.2, 0.25) is 5.95 Å². The fourth-order valence-corrected chi connectivity index (χ4v) is 4.39. The standard InChI is InChI=1S/C26H25F3N6O/c1-4-35-25(31-22-12-20-16(3)30-24(36)21(20)11-15(22)2)32-23(33-35)18-7-5-17(6-8-18)19-9-10-34(13-19)14-26(27,28)29/h5-13,16H,4,14H2,1-3H3,(H,30,36)(H,31,32,33). The van der Waals surface area contributed by atoms with Crippen LogP contribution in [0.4, 0.5) is 24.8 Å². The average molecular weight is 495 g/mol. The minimum absolute atomic E-state index is 0.0582. The first kappa shape index (κ1) is 23.7. The van der Waals surface area contributed by atoms with Crippen LogP contribution < -0.4 is 10.6 Å². The fraction of sp³-hybridized carbons (Fsp3) is 0.269. The van der Waals surface area contributed by atoms with Gasteiger partial charge in [-0.3, -0.25) is 4.79 Å². The van der Waals surface area contributed by atoms with Crippen LogP contribution >= 0.6 is 0 Å². The highest BCUT2D eigenvalue weighted by atomic mass is 19.4. The molecule has 0 fully saturated rings. The van der Waals surface area contributed by atoms with Crippen molar-refractivity contribution >= 4 is 17.5 Å². The first-order chi connectivity index (χ1) is 17.1. The molecule has 0 aliphatic carbocycles. The van der Waals surface area contributed by atoms with E-state index in [0.29, 0.717) is 29.4 Å². The van der Waals surface area contributed by atoms with Gasteiger partial charge in [0.15, 0.2) is 5.82 Å². The Morgan fingerprint density at radius 2 is 1.81 bits per heavy atom. The maximum atomic E-state index is 12.6. The molecule has 7 nitrogen and oxygen atoms in total. The molecular weight excluding hydrogens is 469 g/mol. The molecule has 1 unspecified atom stereocenters. The maximum absolute atomic E-state index is 12.6. The summed E-state index contributed by atoms with van der Waals surface area (Å²) >= 11 is 0. The third-order valence-electron chi connectivity index (χ3n) is 6.26. The van der Waals surface area contributed by atoms with Crippen molar-refractivity contribution in [2.75, 3.05) is 5.32 Å². The number of fused-ring (bicyclic) bond motifs is 1. The summed E-state index contributed by atoms with van der Waals surface area (Å²) in [6, 6.07) is 12.9. The SMILES string of the molecule is CCn1nc(-c2ccc(-c3ccn(CC(F)(F)F)c3)cc2)nc1Nc1cc2c(cc1C)C(=O)NC2C. The Morgan fingerprint density at radius 3 is 2.50 bits per heavy atom. The molecule has 36 heavy (non-hydrogen) atoms. The normalized spacial score (nSPS) is 15.2. The van der Waals surface area contributed by atoms with Crippen LogP contribution in [0, 0.1) is 6.92 Å². The van der Waals surface area contributed by atoms with Gasteiger partial charge in [-0.2, -0.15) is 18.2 Å². The van der Waals surface area contributed by atoms with Crippen LogP contribution in [0.2, 0.25) is 0 Å². The van der Waals surface area contributed by atoms with Gasteiger partial charge in [0.05, 0.1) is 6.04 Å². The first-order valence-electron chi connectivity index (χ1n) is 11.6.